The van der Waals surface area contributed by atoms with Crippen LogP contribution in [0.1, 0.15) is 22.0 Å². The summed E-state index contributed by atoms with van der Waals surface area (Å²) in [5.74, 6) is 0. The zero-order valence-electron chi connectivity index (χ0n) is 9.19. The lowest BCUT2D eigenvalue weighted by atomic mass is 10.0. The summed E-state index contributed by atoms with van der Waals surface area (Å²) in [6, 6.07) is 4.72. The molecule has 0 aliphatic carbocycles. The number of benzene rings is 1. The van der Waals surface area contributed by atoms with E-state index in [9.17, 15) is 13.2 Å². The summed E-state index contributed by atoms with van der Waals surface area (Å²) in [7, 11) is 0. The fourth-order valence-corrected chi connectivity index (χ4v) is 2.02. The van der Waals surface area contributed by atoms with Crippen molar-refractivity contribution in [1.82, 2.24) is 9.59 Å². The van der Waals surface area contributed by atoms with E-state index in [1.54, 1.807) is 6.20 Å². The molecule has 0 aliphatic rings. The first kappa shape index (κ1) is 13.0. The van der Waals surface area contributed by atoms with Gasteiger partial charge in [0.25, 0.3) is 0 Å². The van der Waals surface area contributed by atoms with Gasteiger partial charge in [0.05, 0.1) is 16.6 Å². The molecule has 96 valence electrons. The topological polar surface area (TPSA) is 51.8 Å². The predicted molar refractivity (Wildman–Crippen MR) is 62.0 cm³/mol. The maximum Gasteiger partial charge on any atom is 0.416 e. The molecule has 3 nitrogen and oxygen atoms in total. The van der Waals surface area contributed by atoms with Gasteiger partial charge in [-0.15, -0.1) is 5.10 Å². The SMILES string of the molecule is NC(Cc1ccc(C(F)(F)F)cc1)c1cnns1. The van der Waals surface area contributed by atoms with Crippen molar-refractivity contribution in [2.24, 2.45) is 5.73 Å². The van der Waals surface area contributed by atoms with E-state index in [1.807, 2.05) is 0 Å². The molecule has 0 saturated carbocycles. The minimum Gasteiger partial charge on any atom is -0.323 e. The third kappa shape index (κ3) is 3.05. The molecule has 1 unspecified atom stereocenters. The smallest absolute Gasteiger partial charge is 0.323 e. The highest BCUT2D eigenvalue weighted by Crippen LogP contribution is 2.29. The second-order valence-electron chi connectivity index (χ2n) is 3.83. The Bertz CT molecular complexity index is 493. The van der Waals surface area contributed by atoms with Gasteiger partial charge in [0.2, 0.25) is 0 Å². The van der Waals surface area contributed by atoms with Crippen LogP contribution >= 0.6 is 11.5 Å². The second-order valence-corrected chi connectivity index (χ2v) is 4.64. The highest BCUT2D eigenvalue weighted by atomic mass is 32.1. The molecule has 1 aromatic heterocycles. The first-order valence-electron chi connectivity index (χ1n) is 5.16. The minimum absolute atomic E-state index is 0.290. The standard InChI is InChI=1S/C11H10F3N3S/c12-11(13,14)8-3-1-7(2-4-8)5-9(15)10-6-16-17-18-10/h1-4,6,9H,5,15H2. The summed E-state index contributed by atoms with van der Waals surface area (Å²) in [5, 5.41) is 3.67. The molecule has 1 heterocycles. The molecule has 0 saturated heterocycles. The number of nitrogens with zero attached hydrogens (tertiary/aromatic N) is 2. The molecule has 0 radical (unpaired) electrons. The molecule has 2 aromatic rings. The number of halogens is 3. The van der Waals surface area contributed by atoms with Crippen LogP contribution in [0.5, 0.6) is 0 Å². The third-order valence-corrected chi connectivity index (χ3v) is 3.28. The van der Waals surface area contributed by atoms with E-state index in [1.165, 1.54) is 23.7 Å². The van der Waals surface area contributed by atoms with E-state index in [4.69, 9.17) is 5.73 Å². The molecular formula is C11H10F3N3S. The van der Waals surface area contributed by atoms with E-state index in [-0.39, 0.29) is 6.04 Å². The lowest BCUT2D eigenvalue weighted by molar-refractivity contribution is -0.137. The Morgan fingerprint density at radius 1 is 1.22 bits per heavy atom. The third-order valence-electron chi connectivity index (χ3n) is 2.48. The van der Waals surface area contributed by atoms with E-state index in [2.05, 4.69) is 9.59 Å². The maximum absolute atomic E-state index is 12.4. The van der Waals surface area contributed by atoms with E-state index in [0.29, 0.717) is 6.42 Å². The number of aromatic nitrogens is 2. The molecule has 0 amide bonds. The van der Waals surface area contributed by atoms with Crippen LogP contribution in [-0.4, -0.2) is 9.59 Å². The average molecular weight is 273 g/mol. The van der Waals surface area contributed by atoms with Crippen molar-refractivity contribution < 1.29 is 13.2 Å². The number of alkyl halides is 3. The first-order chi connectivity index (χ1) is 8.47. The first-order valence-corrected chi connectivity index (χ1v) is 5.93. The molecule has 18 heavy (non-hydrogen) atoms. The predicted octanol–water partition coefficient (Wildman–Crippen LogP) is 2.80. The largest absolute Gasteiger partial charge is 0.416 e. The maximum atomic E-state index is 12.4. The normalized spacial score (nSPS) is 13.6. The van der Waals surface area contributed by atoms with Crippen LogP contribution in [0.2, 0.25) is 0 Å². The fraction of sp³-hybridized carbons (Fsp3) is 0.273. The molecule has 0 aliphatic heterocycles. The summed E-state index contributed by atoms with van der Waals surface area (Å²) in [6.07, 6.45) is -2.27. The monoisotopic (exact) mass is 273 g/mol. The number of hydrogen-bond donors (Lipinski definition) is 1. The molecule has 1 aromatic carbocycles. The van der Waals surface area contributed by atoms with Gasteiger partial charge in [-0.1, -0.05) is 16.6 Å². The van der Waals surface area contributed by atoms with Gasteiger partial charge in [0, 0.05) is 6.04 Å². The van der Waals surface area contributed by atoms with E-state index in [0.717, 1.165) is 22.6 Å². The molecular weight excluding hydrogens is 263 g/mol. The van der Waals surface area contributed by atoms with E-state index < -0.39 is 11.7 Å². The molecule has 0 bridgehead atoms. The van der Waals surface area contributed by atoms with Gasteiger partial charge in [-0.25, -0.2) is 0 Å². The van der Waals surface area contributed by atoms with Crippen molar-refractivity contribution in [2.45, 2.75) is 18.6 Å². The number of rotatable bonds is 3. The zero-order chi connectivity index (χ0) is 13.2. The van der Waals surface area contributed by atoms with Crippen molar-refractivity contribution in [3.05, 3.63) is 46.5 Å². The van der Waals surface area contributed by atoms with Crippen molar-refractivity contribution in [1.29, 1.82) is 0 Å². The summed E-state index contributed by atoms with van der Waals surface area (Å²) < 4.78 is 40.8. The average Bonchev–Trinajstić information content (AvgIpc) is 2.82. The van der Waals surface area contributed by atoms with Crippen LogP contribution in [-0.2, 0) is 12.6 Å². The van der Waals surface area contributed by atoms with Crippen LogP contribution in [0.25, 0.3) is 0 Å². The van der Waals surface area contributed by atoms with Crippen LogP contribution in [0, 0.1) is 0 Å². The van der Waals surface area contributed by atoms with Gasteiger partial charge < -0.3 is 5.73 Å². The highest BCUT2D eigenvalue weighted by Gasteiger charge is 2.29. The van der Waals surface area contributed by atoms with Crippen LogP contribution in [0.15, 0.2) is 30.5 Å². The molecule has 1 atom stereocenters. The fourth-order valence-electron chi connectivity index (χ4n) is 1.52. The quantitative estimate of drug-likeness (QED) is 0.935. The lowest BCUT2D eigenvalue weighted by Gasteiger charge is -2.10. The molecule has 2 N–H and O–H groups in total. The molecule has 7 heteroatoms. The lowest BCUT2D eigenvalue weighted by Crippen LogP contribution is -2.12. The van der Waals surface area contributed by atoms with Gasteiger partial charge in [0.15, 0.2) is 0 Å². The molecule has 0 fully saturated rings. The Kier molecular flexibility index (Phi) is 3.63. The van der Waals surface area contributed by atoms with Crippen LogP contribution in [0.4, 0.5) is 13.2 Å². The van der Waals surface area contributed by atoms with E-state index >= 15 is 0 Å². The Morgan fingerprint density at radius 2 is 1.89 bits per heavy atom. The number of nitrogens with two attached hydrogens (primary N) is 1. The van der Waals surface area contributed by atoms with Gasteiger partial charge in [-0.2, -0.15) is 13.2 Å². The Morgan fingerprint density at radius 3 is 2.39 bits per heavy atom. The van der Waals surface area contributed by atoms with Crippen molar-refractivity contribution in [3.63, 3.8) is 0 Å². The second kappa shape index (κ2) is 5.03. The summed E-state index contributed by atoms with van der Waals surface area (Å²) in [5.41, 5.74) is 6.00. The zero-order valence-corrected chi connectivity index (χ0v) is 10.0. The summed E-state index contributed by atoms with van der Waals surface area (Å²) >= 11 is 1.19. The molecule has 0 spiro atoms. The summed E-state index contributed by atoms with van der Waals surface area (Å²) in [6.45, 7) is 0. The number of hydrogen-bond acceptors (Lipinski definition) is 4. The Balaban J connectivity index is 2.07. The Labute approximate surface area is 106 Å². The van der Waals surface area contributed by atoms with Crippen LogP contribution < -0.4 is 5.73 Å². The van der Waals surface area contributed by atoms with Gasteiger partial charge >= 0.3 is 6.18 Å². The summed E-state index contributed by atoms with van der Waals surface area (Å²) in [4.78, 5) is 0.815. The Hall–Kier alpha value is -1.47. The van der Waals surface area contributed by atoms with Crippen molar-refractivity contribution in [3.8, 4) is 0 Å². The van der Waals surface area contributed by atoms with Gasteiger partial charge in [-0.05, 0) is 35.6 Å². The van der Waals surface area contributed by atoms with Gasteiger partial charge in [0.1, 0.15) is 0 Å². The van der Waals surface area contributed by atoms with Crippen molar-refractivity contribution in [2.75, 3.05) is 0 Å². The minimum atomic E-state index is -4.30. The van der Waals surface area contributed by atoms with Gasteiger partial charge in [-0.3, -0.25) is 0 Å². The highest BCUT2D eigenvalue weighted by molar-refractivity contribution is 7.05. The van der Waals surface area contributed by atoms with Crippen LogP contribution in [0.3, 0.4) is 0 Å². The van der Waals surface area contributed by atoms with Crippen molar-refractivity contribution >= 4 is 11.5 Å². The molecule has 2 rings (SSSR count).